The highest BCUT2D eigenvalue weighted by Gasteiger charge is 2.12. The van der Waals surface area contributed by atoms with Gasteiger partial charge in [0, 0.05) is 27.8 Å². The van der Waals surface area contributed by atoms with Crippen molar-refractivity contribution in [3.63, 3.8) is 0 Å². The molecule has 6 heteroatoms. The van der Waals surface area contributed by atoms with Gasteiger partial charge in [-0.2, -0.15) is 0 Å². The van der Waals surface area contributed by atoms with E-state index in [1.165, 1.54) is 6.92 Å². The van der Waals surface area contributed by atoms with Crippen molar-refractivity contribution in [3.05, 3.63) is 24.3 Å². The second-order valence-electron chi connectivity index (χ2n) is 6.15. The van der Waals surface area contributed by atoms with E-state index in [0.29, 0.717) is 6.73 Å². The van der Waals surface area contributed by atoms with Crippen molar-refractivity contribution in [2.45, 2.75) is 39.3 Å². The Balaban J connectivity index is 2.03. The molecule has 0 atom stereocenters. The molecule has 20 heavy (non-hydrogen) atoms. The largest absolute Gasteiger partial charge is 0.361 e. The van der Waals surface area contributed by atoms with Crippen LogP contribution in [-0.2, 0) is 11.5 Å². The van der Waals surface area contributed by atoms with Crippen molar-refractivity contribution in [1.29, 1.82) is 0 Å². The van der Waals surface area contributed by atoms with Crippen LogP contribution in [0.15, 0.2) is 18.5 Å². The summed E-state index contributed by atoms with van der Waals surface area (Å²) >= 11 is 0. The van der Waals surface area contributed by atoms with Gasteiger partial charge in [0.25, 0.3) is 0 Å². The predicted octanol–water partition coefficient (Wildman–Crippen LogP) is 2.95. The van der Waals surface area contributed by atoms with E-state index in [0.717, 1.165) is 23.7 Å². The number of fused-ring (bicyclic) bond motifs is 1. The molecule has 0 N–H and O–H groups in total. The Morgan fingerprint density at radius 3 is 2.80 bits per heavy atom. The molecule has 2 heterocycles. The quantitative estimate of drug-likeness (QED) is 0.466. The minimum atomic E-state index is -1.05. The van der Waals surface area contributed by atoms with Crippen LogP contribution in [0.2, 0.25) is 25.7 Å². The molecule has 0 saturated heterocycles. The molecule has 0 amide bonds. The van der Waals surface area contributed by atoms with Crippen LogP contribution in [0.25, 0.3) is 11.0 Å². The second kappa shape index (κ2) is 5.84. The van der Waals surface area contributed by atoms with Gasteiger partial charge >= 0.3 is 0 Å². The summed E-state index contributed by atoms with van der Waals surface area (Å²) in [5.74, 6) is 0.140. The molecule has 2 rings (SSSR count). The van der Waals surface area contributed by atoms with Crippen LogP contribution in [0.3, 0.4) is 0 Å². The summed E-state index contributed by atoms with van der Waals surface area (Å²) < 4.78 is 7.68. The predicted molar refractivity (Wildman–Crippen MR) is 81.6 cm³/mol. The topological polar surface area (TPSA) is 57.0 Å². The van der Waals surface area contributed by atoms with Gasteiger partial charge in [-0.15, -0.1) is 0 Å². The Hall–Kier alpha value is -1.53. The number of Topliss-reactive ketones (excluding diaryl/α,β-unsaturated/α-hetero) is 1. The van der Waals surface area contributed by atoms with Crippen molar-refractivity contribution in [3.8, 4) is 0 Å². The standard InChI is InChI=1S/C14H21N3O2Si/c1-11(18)14-15-9-13-12(16-14)5-6-17(13)10-19-7-8-20(2,3)4/h5-6,9H,7-8,10H2,1-4H3. The van der Waals surface area contributed by atoms with Crippen molar-refractivity contribution < 1.29 is 9.53 Å². The first-order chi connectivity index (χ1) is 9.37. The number of nitrogens with zero attached hydrogens (tertiary/aromatic N) is 3. The molecule has 0 spiro atoms. The van der Waals surface area contributed by atoms with E-state index in [-0.39, 0.29) is 11.6 Å². The van der Waals surface area contributed by atoms with Crippen molar-refractivity contribution in [1.82, 2.24) is 14.5 Å². The van der Waals surface area contributed by atoms with Crippen molar-refractivity contribution in [2.24, 2.45) is 0 Å². The summed E-state index contributed by atoms with van der Waals surface area (Å²) in [5, 5.41) is 0. The molecule has 0 aliphatic heterocycles. The molecule has 0 aliphatic rings. The Morgan fingerprint density at radius 1 is 1.40 bits per heavy atom. The van der Waals surface area contributed by atoms with E-state index in [4.69, 9.17) is 4.74 Å². The van der Waals surface area contributed by atoms with E-state index in [1.807, 2.05) is 16.8 Å². The maximum atomic E-state index is 11.2. The van der Waals surface area contributed by atoms with E-state index in [1.54, 1.807) is 6.20 Å². The summed E-state index contributed by atoms with van der Waals surface area (Å²) in [5.41, 5.74) is 1.67. The summed E-state index contributed by atoms with van der Waals surface area (Å²) in [7, 11) is -1.05. The smallest absolute Gasteiger partial charge is 0.196 e. The third-order valence-corrected chi connectivity index (χ3v) is 4.77. The third-order valence-electron chi connectivity index (χ3n) is 3.06. The van der Waals surface area contributed by atoms with Crippen LogP contribution in [0, 0.1) is 0 Å². The highest BCUT2D eigenvalue weighted by molar-refractivity contribution is 6.76. The Bertz CT molecular complexity index is 616. The molecule has 0 bridgehead atoms. The van der Waals surface area contributed by atoms with Crippen LogP contribution in [0.4, 0.5) is 0 Å². The number of carbonyl (C=O) groups excluding carboxylic acids is 1. The lowest BCUT2D eigenvalue weighted by Gasteiger charge is -2.15. The zero-order valence-corrected chi connectivity index (χ0v) is 13.5. The van der Waals surface area contributed by atoms with Crippen LogP contribution in [0.1, 0.15) is 17.5 Å². The van der Waals surface area contributed by atoms with E-state index >= 15 is 0 Å². The van der Waals surface area contributed by atoms with Crippen LogP contribution in [0.5, 0.6) is 0 Å². The minimum Gasteiger partial charge on any atom is -0.361 e. The fraction of sp³-hybridized carbons (Fsp3) is 0.500. The van der Waals surface area contributed by atoms with Gasteiger partial charge < -0.3 is 9.30 Å². The van der Waals surface area contributed by atoms with E-state index in [9.17, 15) is 4.79 Å². The zero-order chi connectivity index (χ0) is 14.8. The fourth-order valence-corrected chi connectivity index (χ4v) is 2.55. The van der Waals surface area contributed by atoms with Crippen LogP contribution in [-0.4, -0.2) is 35.0 Å². The monoisotopic (exact) mass is 291 g/mol. The highest BCUT2D eigenvalue weighted by atomic mass is 28.3. The average Bonchev–Trinajstić information content (AvgIpc) is 2.76. The molecule has 2 aromatic rings. The minimum absolute atomic E-state index is 0.119. The van der Waals surface area contributed by atoms with Gasteiger partial charge in [-0.1, -0.05) is 19.6 Å². The average molecular weight is 291 g/mol. The van der Waals surface area contributed by atoms with Gasteiger partial charge in [-0.05, 0) is 12.1 Å². The number of carbonyl (C=O) groups is 1. The van der Waals surface area contributed by atoms with Gasteiger partial charge in [0.15, 0.2) is 11.6 Å². The lowest BCUT2D eigenvalue weighted by molar-refractivity contribution is 0.0902. The molecular formula is C14H21N3O2Si. The number of rotatable bonds is 6. The molecule has 0 fully saturated rings. The molecule has 108 valence electrons. The number of ether oxygens (including phenoxy) is 1. The molecule has 0 aromatic carbocycles. The third kappa shape index (κ3) is 3.74. The first-order valence-corrected chi connectivity index (χ1v) is 10.5. The van der Waals surface area contributed by atoms with Gasteiger partial charge in [0.2, 0.25) is 0 Å². The van der Waals surface area contributed by atoms with E-state index < -0.39 is 8.07 Å². The lowest BCUT2D eigenvalue weighted by atomic mass is 10.4. The molecule has 2 aromatic heterocycles. The maximum Gasteiger partial charge on any atom is 0.196 e. The van der Waals surface area contributed by atoms with Crippen LogP contribution < -0.4 is 0 Å². The molecular weight excluding hydrogens is 270 g/mol. The number of hydrogen-bond acceptors (Lipinski definition) is 4. The fourth-order valence-electron chi connectivity index (χ4n) is 1.80. The summed E-state index contributed by atoms with van der Waals surface area (Å²) in [6.45, 7) is 9.74. The van der Waals surface area contributed by atoms with E-state index in [2.05, 4.69) is 29.6 Å². The number of hydrogen-bond donors (Lipinski definition) is 0. The first kappa shape index (κ1) is 14.9. The molecule has 0 unspecified atom stereocenters. The molecule has 5 nitrogen and oxygen atoms in total. The molecule has 0 saturated carbocycles. The second-order valence-corrected chi connectivity index (χ2v) is 11.8. The molecule has 0 aliphatic carbocycles. The number of aromatic nitrogens is 3. The molecule has 0 radical (unpaired) electrons. The van der Waals surface area contributed by atoms with Gasteiger partial charge in [0.1, 0.15) is 6.73 Å². The number of ketones is 1. The van der Waals surface area contributed by atoms with Gasteiger partial charge in [-0.3, -0.25) is 4.79 Å². The summed E-state index contributed by atoms with van der Waals surface area (Å²) in [6, 6.07) is 3.03. The van der Waals surface area contributed by atoms with Gasteiger partial charge in [0.05, 0.1) is 17.2 Å². The maximum absolute atomic E-state index is 11.2. The first-order valence-electron chi connectivity index (χ1n) is 6.77. The highest BCUT2D eigenvalue weighted by Crippen LogP contribution is 2.14. The SMILES string of the molecule is CC(=O)c1ncc2c(ccn2COCC[Si](C)(C)C)n1. The normalized spacial score (nSPS) is 12.0. The van der Waals surface area contributed by atoms with Gasteiger partial charge in [-0.25, -0.2) is 9.97 Å². The Morgan fingerprint density at radius 2 is 2.15 bits per heavy atom. The van der Waals surface area contributed by atoms with Crippen molar-refractivity contribution in [2.75, 3.05) is 6.61 Å². The summed E-state index contributed by atoms with van der Waals surface area (Å²) in [6.07, 6.45) is 3.60. The summed E-state index contributed by atoms with van der Waals surface area (Å²) in [4.78, 5) is 19.6. The zero-order valence-electron chi connectivity index (χ0n) is 12.5. The van der Waals surface area contributed by atoms with Crippen molar-refractivity contribution >= 4 is 24.9 Å². The lowest BCUT2D eigenvalue weighted by Crippen LogP contribution is -2.21. The Kier molecular flexibility index (Phi) is 4.34. The Labute approximate surface area is 120 Å². The van der Waals surface area contributed by atoms with Crippen LogP contribution >= 0.6 is 0 Å².